The van der Waals surface area contributed by atoms with Gasteiger partial charge in [-0.15, -0.1) is 10.2 Å². The van der Waals surface area contributed by atoms with Gasteiger partial charge in [0.15, 0.2) is 4.34 Å². The van der Waals surface area contributed by atoms with E-state index in [1.165, 1.54) is 35.2 Å². The van der Waals surface area contributed by atoms with Crippen LogP contribution in [-0.2, 0) is 11.3 Å². The van der Waals surface area contributed by atoms with Crippen LogP contribution in [0.5, 0.6) is 0 Å². The Morgan fingerprint density at radius 2 is 1.86 bits per heavy atom. The van der Waals surface area contributed by atoms with Crippen molar-refractivity contribution < 1.29 is 9.72 Å². The maximum Gasteiger partial charge on any atom is 0.292 e. The highest BCUT2D eigenvalue weighted by molar-refractivity contribution is 8.01. The van der Waals surface area contributed by atoms with E-state index in [4.69, 9.17) is 0 Å². The lowest BCUT2D eigenvalue weighted by molar-refractivity contribution is -0.383. The standard InChI is InChI=1S/C18H17N5O3S2/c24-16(20-14-8-4-5-9-15(14)23(25)26)10-11-27-18-22-21-17(28-18)19-12-13-6-2-1-3-7-13/h1-9H,10-12H2,(H,19,21)(H,20,24). The molecule has 0 saturated carbocycles. The number of rotatable bonds is 9. The highest BCUT2D eigenvalue weighted by atomic mass is 32.2. The number of amides is 1. The number of nitro groups is 1. The number of para-hydroxylation sites is 2. The smallest absolute Gasteiger partial charge is 0.292 e. The molecule has 0 bridgehead atoms. The molecule has 2 N–H and O–H groups in total. The first-order chi connectivity index (χ1) is 13.6. The van der Waals surface area contributed by atoms with Crippen molar-refractivity contribution in [2.45, 2.75) is 17.3 Å². The molecule has 28 heavy (non-hydrogen) atoms. The van der Waals surface area contributed by atoms with Crippen LogP contribution in [0.1, 0.15) is 12.0 Å². The van der Waals surface area contributed by atoms with E-state index in [0.29, 0.717) is 12.3 Å². The number of carbonyl (C=O) groups excluding carboxylic acids is 1. The summed E-state index contributed by atoms with van der Waals surface area (Å²) in [5.74, 6) is 0.216. The van der Waals surface area contributed by atoms with Crippen molar-refractivity contribution in [1.82, 2.24) is 10.2 Å². The molecular weight excluding hydrogens is 398 g/mol. The van der Waals surface area contributed by atoms with Gasteiger partial charge in [-0.2, -0.15) is 0 Å². The van der Waals surface area contributed by atoms with Gasteiger partial charge in [0.1, 0.15) is 5.69 Å². The third-order valence-electron chi connectivity index (χ3n) is 3.62. The van der Waals surface area contributed by atoms with Crippen LogP contribution < -0.4 is 10.6 Å². The van der Waals surface area contributed by atoms with E-state index in [1.54, 1.807) is 12.1 Å². The number of nitro benzene ring substituents is 1. The topological polar surface area (TPSA) is 110 Å². The van der Waals surface area contributed by atoms with Gasteiger partial charge in [-0.05, 0) is 11.6 Å². The maximum absolute atomic E-state index is 12.1. The number of nitrogens with one attached hydrogen (secondary N) is 2. The van der Waals surface area contributed by atoms with Crippen molar-refractivity contribution in [2.24, 2.45) is 0 Å². The largest absolute Gasteiger partial charge is 0.356 e. The summed E-state index contributed by atoms with van der Waals surface area (Å²) in [6.45, 7) is 0.665. The minimum Gasteiger partial charge on any atom is -0.356 e. The number of anilines is 2. The molecule has 1 heterocycles. The summed E-state index contributed by atoms with van der Waals surface area (Å²) in [4.78, 5) is 22.5. The van der Waals surface area contributed by atoms with Crippen molar-refractivity contribution in [3.05, 3.63) is 70.3 Å². The minimum absolute atomic E-state index is 0.123. The van der Waals surface area contributed by atoms with Gasteiger partial charge in [-0.1, -0.05) is 65.6 Å². The Labute approximate surface area is 169 Å². The van der Waals surface area contributed by atoms with Crippen LogP contribution in [-0.4, -0.2) is 26.8 Å². The molecule has 0 fully saturated rings. The van der Waals surface area contributed by atoms with Crippen LogP contribution in [0.15, 0.2) is 58.9 Å². The highest BCUT2D eigenvalue weighted by Crippen LogP contribution is 2.27. The van der Waals surface area contributed by atoms with E-state index in [1.807, 2.05) is 30.3 Å². The Morgan fingerprint density at radius 3 is 2.64 bits per heavy atom. The second-order valence-electron chi connectivity index (χ2n) is 5.63. The van der Waals surface area contributed by atoms with Gasteiger partial charge in [0, 0.05) is 24.8 Å². The van der Waals surface area contributed by atoms with Crippen molar-refractivity contribution >= 4 is 45.5 Å². The van der Waals surface area contributed by atoms with E-state index in [9.17, 15) is 14.9 Å². The molecule has 0 radical (unpaired) electrons. The van der Waals surface area contributed by atoms with Gasteiger partial charge < -0.3 is 10.6 Å². The highest BCUT2D eigenvalue weighted by Gasteiger charge is 2.14. The number of carbonyl (C=O) groups is 1. The van der Waals surface area contributed by atoms with Gasteiger partial charge >= 0.3 is 0 Å². The van der Waals surface area contributed by atoms with E-state index in [0.717, 1.165) is 15.0 Å². The lowest BCUT2D eigenvalue weighted by Gasteiger charge is -2.05. The van der Waals surface area contributed by atoms with Crippen molar-refractivity contribution in [2.75, 3.05) is 16.4 Å². The monoisotopic (exact) mass is 415 g/mol. The maximum atomic E-state index is 12.1. The average molecular weight is 416 g/mol. The van der Waals surface area contributed by atoms with E-state index in [2.05, 4.69) is 20.8 Å². The zero-order chi connectivity index (χ0) is 19.8. The van der Waals surface area contributed by atoms with Crippen LogP contribution in [0.25, 0.3) is 0 Å². The Balaban J connectivity index is 1.43. The van der Waals surface area contributed by atoms with E-state index >= 15 is 0 Å². The minimum atomic E-state index is -0.518. The number of thioether (sulfide) groups is 1. The predicted molar refractivity (Wildman–Crippen MR) is 111 cm³/mol. The van der Waals surface area contributed by atoms with Gasteiger partial charge in [0.25, 0.3) is 5.69 Å². The predicted octanol–water partition coefficient (Wildman–Crippen LogP) is 4.18. The Kier molecular flexibility index (Phi) is 6.93. The number of benzene rings is 2. The third-order valence-corrected chi connectivity index (χ3v) is 5.64. The van der Waals surface area contributed by atoms with E-state index < -0.39 is 4.92 Å². The molecule has 8 nitrogen and oxygen atoms in total. The van der Waals surface area contributed by atoms with Gasteiger partial charge in [-0.25, -0.2) is 0 Å². The summed E-state index contributed by atoms with van der Waals surface area (Å²) in [5, 5.41) is 25.7. The normalized spacial score (nSPS) is 10.4. The SMILES string of the molecule is O=C(CCSc1nnc(NCc2ccccc2)s1)Nc1ccccc1[N+](=O)[O-]. The van der Waals surface area contributed by atoms with Crippen molar-refractivity contribution in [1.29, 1.82) is 0 Å². The van der Waals surface area contributed by atoms with Crippen molar-refractivity contribution in [3.63, 3.8) is 0 Å². The van der Waals surface area contributed by atoms with Crippen LogP contribution in [0.2, 0.25) is 0 Å². The summed E-state index contributed by atoms with van der Waals surface area (Å²) < 4.78 is 0.758. The molecule has 1 aromatic heterocycles. The molecule has 1 amide bonds. The summed E-state index contributed by atoms with van der Waals surface area (Å²) in [6.07, 6.45) is 0.211. The Hall–Kier alpha value is -2.98. The number of aromatic nitrogens is 2. The average Bonchev–Trinajstić information content (AvgIpc) is 3.15. The summed E-state index contributed by atoms with van der Waals surface area (Å²) >= 11 is 2.85. The molecule has 3 aromatic rings. The molecule has 3 rings (SSSR count). The third kappa shape index (κ3) is 5.76. The number of nitrogens with zero attached hydrogens (tertiary/aromatic N) is 3. The summed E-state index contributed by atoms with van der Waals surface area (Å²) in [7, 11) is 0. The summed E-state index contributed by atoms with van der Waals surface area (Å²) in [5.41, 5.74) is 1.23. The molecule has 0 spiro atoms. The Morgan fingerprint density at radius 1 is 1.11 bits per heavy atom. The fraction of sp³-hybridized carbons (Fsp3) is 0.167. The second-order valence-corrected chi connectivity index (χ2v) is 7.95. The molecule has 0 unspecified atom stereocenters. The zero-order valence-electron chi connectivity index (χ0n) is 14.7. The molecule has 0 saturated heterocycles. The molecule has 0 aliphatic heterocycles. The van der Waals surface area contributed by atoms with Crippen LogP contribution >= 0.6 is 23.1 Å². The Bertz CT molecular complexity index is 949. The first kappa shape index (κ1) is 19.8. The lowest BCUT2D eigenvalue weighted by Crippen LogP contribution is -2.13. The van der Waals surface area contributed by atoms with Gasteiger partial charge in [-0.3, -0.25) is 14.9 Å². The molecule has 10 heteroatoms. The first-order valence-electron chi connectivity index (χ1n) is 8.39. The lowest BCUT2D eigenvalue weighted by atomic mass is 10.2. The molecule has 0 aliphatic carbocycles. The quantitative estimate of drug-likeness (QED) is 0.306. The zero-order valence-corrected chi connectivity index (χ0v) is 16.3. The second kappa shape index (κ2) is 9.81. The van der Waals surface area contributed by atoms with Gasteiger partial charge in [0.05, 0.1) is 4.92 Å². The summed E-state index contributed by atoms with van der Waals surface area (Å²) in [6, 6.07) is 16.0. The fourth-order valence-electron chi connectivity index (χ4n) is 2.30. The van der Waals surface area contributed by atoms with Crippen LogP contribution in [0, 0.1) is 10.1 Å². The molecular formula is C18H17N5O3S2. The van der Waals surface area contributed by atoms with Gasteiger partial charge in [0.2, 0.25) is 11.0 Å². The van der Waals surface area contributed by atoms with Crippen LogP contribution in [0.3, 0.4) is 0 Å². The first-order valence-corrected chi connectivity index (χ1v) is 10.2. The fourth-order valence-corrected chi connectivity index (χ4v) is 4.05. The van der Waals surface area contributed by atoms with E-state index in [-0.39, 0.29) is 23.7 Å². The van der Waals surface area contributed by atoms with Crippen LogP contribution in [0.4, 0.5) is 16.5 Å². The molecule has 2 aromatic carbocycles. The number of hydrogen-bond acceptors (Lipinski definition) is 8. The van der Waals surface area contributed by atoms with Crippen molar-refractivity contribution in [3.8, 4) is 0 Å². The molecule has 0 atom stereocenters. The molecule has 144 valence electrons. The molecule has 0 aliphatic rings. The number of hydrogen-bond donors (Lipinski definition) is 2.